The highest BCUT2D eigenvalue weighted by Crippen LogP contribution is 2.33. The number of benzene rings is 1. The fourth-order valence-corrected chi connectivity index (χ4v) is 2.13. The van der Waals surface area contributed by atoms with Crippen molar-refractivity contribution in [2.75, 3.05) is 7.11 Å². The number of aromatic nitrogens is 2. The van der Waals surface area contributed by atoms with Crippen LogP contribution in [0.2, 0.25) is 0 Å². The summed E-state index contributed by atoms with van der Waals surface area (Å²) in [7, 11) is 1.60. The molecule has 0 fully saturated rings. The van der Waals surface area contributed by atoms with Gasteiger partial charge in [-0.05, 0) is 12.1 Å². The Bertz CT molecular complexity index is 554. The van der Waals surface area contributed by atoms with Crippen molar-refractivity contribution in [2.45, 2.75) is 32.8 Å². The fourth-order valence-electron chi connectivity index (χ4n) is 2.13. The van der Waals surface area contributed by atoms with E-state index in [1.165, 1.54) is 0 Å². The number of para-hydroxylation sites is 1. The molecular weight excluding hydrogens is 240 g/mol. The molecule has 0 radical (unpaired) electrons. The number of rotatable bonds is 3. The average molecular weight is 260 g/mol. The van der Waals surface area contributed by atoms with Crippen LogP contribution in [0, 0.1) is 0 Å². The minimum Gasteiger partial charge on any atom is -0.481 e. The molecule has 1 N–H and O–H groups in total. The van der Waals surface area contributed by atoms with Gasteiger partial charge in [-0.1, -0.05) is 39.0 Å². The molecular formula is C15H20N2O2. The number of aliphatic hydroxyl groups excluding tert-OH is 1. The fraction of sp³-hybridized carbons (Fsp3) is 0.400. The van der Waals surface area contributed by atoms with E-state index in [2.05, 4.69) is 25.9 Å². The molecule has 1 aromatic heterocycles. The molecule has 0 saturated heterocycles. The largest absolute Gasteiger partial charge is 0.481 e. The Morgan fingerprint density at radius 2 is 1.84 bits per heavy atom. The standard InChI is InChI=1S/C15H20N2O2/c1-15(2,3)13-12(10-18)14(19-4)17(16-13)11-8-6-5-7-9-11/h5-9,18H,10H2,1-4H3. The first-order valence-corrected chi connectivity index (χ1v) is 6.31. The second kappa shape index (κ2) is 5.05. The van der Waals surface area contributed by atoms with Crippen molar-refractivity contribution < 1.29 is 9.84 Å². The Labute approximate surface area is 113 Å². The maximum atomic E-state index is 9.62. The van der Waals surface area contributed by atoms with E-state index in [1.807, 2.05) is 30.3 Å². The van der Waals surface area contributed by atoms with Gasteiger partial charge in [0.2, 0.25) is 5.88 Å². The van der Waals surface area contributed by atoms with Gasteiger partial charge in [0.05, 0.1) is 30.7 Å². The number of hydrogen-bond acceptors (Lipinski definition) is 3. The maximum Gasteiger partial charge on any atom is 0.222 e. The average Bonchev–Trinajstić information content (AvgIpc) is 2.78. The monoisotopic (exact) mass is 260 g/mol. The van der Waals surface area contributed by atoms with Gasteiger partial charge >= 0.3 is 0 Å². The number of nitrogens with zero attached hydrogens (tertiary/aromatic N) is 2. The highest BCUT2D eigenvalue weighted by atomic mass is 16.5. The van der Waals surface area contributed by atoms with E-state index >= 15 is 0 Å². The van der Waals surface area contributed by atoms with Crippen LogP contribution in [0.4, 0.5) is 0 Å². The van der Waals surface area contributed by atoms with Crippen LogP contribution < -0.4 is 4.74 Å². The van der Waals surface area contributed by atoms with Crippen molar-refractivity contribution in [1.29, 1.82) is 0 Å². The van der Waals surface area contributed by atoms with Crippen LogP contribution in [0.3, 0.4) is 0 Å². The maximum absolute atomic E-state index is 9.62. The molecule has 2 aromatic rings. The second-order valence-electron chi connectivity index (χ2n) is 5.49. The van der Waals surface area contributed by atoms with Gasteiger partial charge in [0.25, 0.3) is 0 Å². The summed E-state index contributed by atoms with van der Waals surface area (Å²) in [5, 5.41) is 14.2. The van der Waals surface area contributed by atoms with Crippen molar-refractivity contribution >= 4 is 0 Å². The third-order valence-corrected chi connectivity index (χ3v) is 3.00. The molecule has 0 aliphatic heterocycles. The lowest BCUT2D eigenvalue weighted by atomic mass is 9.89. The Hall–Kier alpha value is -1.81. The van der Waals surface area contributed by atoms with E-state index in [1.54, 1.807) is 11.8 Å². The molecule has 102 valence electrons. The lowest BCUT2D eigenvalue weighted by Gasteiger charge is -2.16. The van der Waals surface area contributed by atoms with Crippen molar-refractivity contribution in [1.82, 2.24) is 9.78 Å². The third kappa shape index (κ3) is 2.49. The van der Waals surface area contributed by atoms with Gasteiger partial charge in [-0.15, -0.1) is 0 Å². The highest BCUT2D eigenvalue weighted by Gasteiger charge is 2.27. The minimum atomic E-state index is -0.147. The number of ether oxygens (including phenoxy) is 1. The Kier molecular flexibility index (Phi) is 3.62. The van der Waals surface area contributed by atoms with E-state index in [-0.39, 0.29) is 12.0 Å². The number of methoxy groups -OCH3 is 1. The van der Waals surface area contributed by atoms with Gasteiger partial charge in [-0.3, -0.25) is 0 Å². The molecule has 0 unspecified atom stereocenters. The number of aliphatic hydroxyl groups is 1. The smallest absolute Gasteiger partial charge is 0.222 e. The van der Waals surface area contributed by atoms with Gasteiger partial charge in [0, 0.05) is 5.41 Å². The van der Waals surface area contributed by atoms with Crippen LogP contribution in [0.25, 0.3) is 5.69 Å². The summed E-state index contributed by atoms with van der Waals surface area (Å²) in [5.41, 5.74) is 2.38. The highest BCUT2D eigenvalue weighted by molar-refractivity contribution is 5.43. The first kappa shape index (κ1) is 13.6. The summed E-state index contributed by atoms with van der Waals surface area (Å²) in [6.45, 7) is 6.14. The van der Waals surface area contributed by atoms with Crippen LogP contribution in [0.5, 0.6) is 5.88 Å². The molecule has 0 saturated carbocycles. The molecule has 1 heterocycles. The molecule has 19 heavy (non-hydrogen) atoms. The molecule has 2 rings (SSSR count). The topological polar surface area (TPSA) is 47.3 Å². The van der Waals surface area contributed by atoms with E-state index in [4.69, 9.17) is 4.74 Å². The summed E-state index contributed by atoms with van der Waals surface area (Å²) in [5.74, 6) is 0.596. The van der Waals surface area contributed by atoms with Crippen LogP contribution in [0.15, 0.2) is 30.3 Å². The summed E-state index contributed by atoms with van der Waals surface area (Å²) in [6, 6.07) is 9.78. The predicted octanol–water partition coefficient (Wildman–Crippen LogP) is 2.67. The van der Waals surface area contributed by atoms with Crippen molar-refractivity contribution in [3.05, 3.63) is 41.6 Å². The van der Waals surface area contributed by atoms with Crippen LogP contribution in [-0.4, -0.2) is 22.0 Å². The lowest BCUT2D eigenvalue weighted by molar-refractivity contribution is 0.269. The van der Waals surface area contributed by atoms with Gasteiger partial charge in [-0.25, -0.2) is 4.68 Å². The van der Waals surface area contributed by atoms with Gasteiger partial charge in [0.1, 0.15) is 0 Å². The molecule has 4 heteroatoms. The molecule has 0 aliphatic carbocycles. The van der Waals surface area contributed by atoms with Crippen LogP contribution >= 0.6 is 0 Å². The summed E-state index contributed by atoms with van der Waals surface area (Å²) >= 11 is 0. The predicted molar refractivity (Wildman–Crippen MR) is 74.7 cm³/mol. The SMILES string of the molecule is COc1c(CO)c(C(C)(C)C)nn1-c1ccccc1. The van der Waals surface area contributed by atoms with E-state index < -0.39 is 0 Å². The summed E-state index contributed by atoms with van der Waals surface area (Å²) in [4.78, 5) is 0. The molecule has 0 aliphatic rings. The molecule has 0 atom stereocenters. The first-order valence-electron chi connectivity index (χ1n) is 6.31. The normalized spacial score (nSPS) is 11.6. The zero-order valence-electron chi connectivity index (χ0n) is 11.8. The Morgan fingerprint density at radius 3 is 2.32 bits per heavy atom. The molecule has 0 bridgehead atoms. The Balaban J connectivity index is 2.66. The van der Waals surface area contributed by atoms with Gasteiger partial charge in [0.15, 0.2) is 0 Å². The lowest BCUT2D eigenvalue weighted by Crippen LogP contribution is -2.15. The zero-order chi connectivity index (χ0) is 14.0. The molecule has 1 aromatic carbocycles. The van der Waals surface area contributed by atoms with Crippen molar-refractivity contribution in [2.24, 2.45) is 0 Å². The van der Waals surface area contributed by atoms with E-state index in [0.29, 0.717) is 5.88 Å². The van der Waals surface area contributed by atoms with Gasteiger partial charge < -0.3 is 9.84 Å². The van der Waals surface area contributed by atoms with Crippen LogP contribution in [0.1, 0.15) is 32.0 Å². The molecule has 0 amide bonds. The quantitative estimate of drug-likeness (QED) is 0.923. The summed E-state index contributed by atoms with van der Waals surface area (Å²) < 4.78 is 7.18. The third-order valence-electron chi connectivity index (χ3n) is 3.00. The van der Waals surface area contributed by atoms with Crippen molar-refractivity contribution in [3.8, 4) is 11.6 Å². The number of hydrogen-bond donors (Lipinski definition) is 1. The molecule has 0 spiro atoms. The molecule has 4 nitrogen and oxygen atoms in total. The minimum absolute atomic E-state index is 0.0807. The van der Waals surface area contributed by atoms with E-state index in [9.17, 15) is 5.11 Å². The summed E-state index contributed by atoms with van der Waals surface area (Å²) in [6.07, 6.45) is 0. The first-order chi connectivity index (χ1) is 8.99. The second-order valence-corrected chi connectivity index (χ2v) is 5.49. The van der Waals surface area contributed by atoms with Crippen molar-refractivity contribution in [3.63, 3.8) is 0 Å². The van der Waals surface area contributed by atoms with Crippen LogP contribution in [-0.2, 0) is 12.0 Å². The zero-order valence-corrected chi connectivity index (χ0v) is 11.8. The van der Waals surface area contributed by atoms with E-state index in [0.717, 1.165) is 16.9 Å². The van der Waals surface area contributed by atoms with Gasteiger partial charge in [-0.2, -0.15) is 5.10 Å². The Morgan fingerprint density at radius 1 is 1.21 bits per heavy atom.